The number of nitrogens with one attached hydrogen (secondary N) is 1. The standard InChI is InChI=1S/C14H21N3O3S/c1-21(19,20)17-8-6-11-9-16(10-13(11)17)14(18)5-4-12-3-2-7-15-12/h2-3,7,11,13,15H,4-6,8-10H2,1H3/t11-,13+/m1/s1. The number of aromatic nitrogens is 1. The van der Waals surface area contributed by atoms with Crippen molar-refractivity contribution in [2.45, 2.75) is 25.3 Å². The molecule has 2 aliphatic rings. The van der Waals surface area contributed by atoms with Gasteiger partial charge in [-0.3, -0.25) is 4.79 Å². The van der Waals surface area contributed by atoms with Gasteiger partial charge >= 0.3 is 0 Å². The number of carbonyl (C=O) groups is 1. The van der Waals surface area contributed by atoms with Gasteiger partial charge in [-0.05, 0) is 30.9 Å². The molecule has 0 unspecified atom stereocenters. The second kappa shape index (κ2) is 5.46. The number of fused-ring (bicyclic) bond motifs is 1. The lowest BCUT2D eigenvalue weighted by molar-refractivity contribution is -0.130. The average Bonchev–Trinajstić information content (AvgIpc) is 3.09. The number of likely N-dealkylation sites (tertiary alicyclic amines) is 1. The van der Waals surface area contributed by atoms with Crippen molar-refractivity contribution in [3.63, 3.8) is 0 Å². The van der Waals surface area contributed by atoms with Crippen LogP contribution in [-0.4, -0.2) is 60.4 Å². The van der Waals surface area contributed by atoms with Gasteiger partial charge < -0.3 is 9.88 Å². The molecule has 2 saturated heterocycles. The molecule has 2 atom stereocenters. The van der Waals surface area contributed by atoms with E-state index >= 15 is 0 Å². The summed E-state index contributed by atoms with van der Waals surface area (Å²) < 4.78 is 25.1. The molecule has 0 aromatic carbocycles. The molecule has 2 fully saturated rings. The van der Waals surface area contributed by atoms with E-state index in [1.54, 1.807) is 4.31 Å². The Balaban J connectivity index is 1.58. The van der Waals surface area contributed by atoms with Crippen molar-refractivity contribution in [2.24, 2.45) is 5.92 Å². The Kier molecular flexibility index (Phi) is 3.79. The third kappa shape index (κ3) is 2.98. The molecule has 1 N–H and O–H groups in total. The van der Waals surface area contributed by atoms with E-state index in [2.05, 4.69) is 4.98 Å². The Morgan fingerprint density at radius 3 is 2.90 bits per heavy atom. The van der Waals surface area contributed by atoms with E-state index in [0.717, 1.165) is 12.1 Å². The zero-order chi connectivity index (χ0) is 15.0. The lowest BCUT2D eigenvalue weighted by atomic mass is 10.1. The summed E-state index contributed by atoms with van der Waals surface area (Å²) in [5, 5.41) is 0. The molecule has 7 heteroatoms. The van der Waals surface area contributed by atoms with E-state index in [9.17, 15) is 13.2 Å². The third-order valence-electron chi connectivity index (χ3n) is 4.55. The Bertz CT molecular complexity index is 611. The molecular weight excluding hydrogens is 290 g/mol. The summed E-state index contributed by atoms with van der Waals surface area (Å²) >= 11 is 0. The van der Waals surface area contributed by atoms with E-state index in [-0.39, 0.29) is 11.9 Å². The number of hydrogen-bond donors (Lipinski definition) is 1. The molecule has 2 aliphatic heterocycles. The Labute approximate surface area is 125 Å². The molecule has 1 aromatic heterocycles. The van der Waals surface area contributed by atoms with Gasteiger partial charge in [0.1, 0.15) is 0 Å². The van der Waals surface area contributed by atoms with Crippen molar-refractivity contribution in [1.82, 2.24) is 14.2 Å². The number of amides is 1. The van der Waals surface area contributed by atoms with Gasteiger partial charge in [0.2, 0.25) is 15.9 Å². The van der Waals surface area contributed by atoms with Crippen LogP contribution in [0.15, 0.2) is 18.3 Å². The lowest BCUT2D eigenvalue weighted by Crippen LogP contribution is -2.40. The number of aryl methyl sites for hydroxylation is 1. The fourth-order valence-electron chi connectivity index (χ4n) is 3.46. The molecule has 0 bridgehead atoms. The van der Waals surface area contributed by atoms with E-state index in [0.29, 0.717) is 38.4 Å². The number of sulfonamides is 1. The molecule has 0 spiro atoms. The maximum atomic E-state index is 12.3. The molecule has 0 aliphatic carbocycles. The summed E-state index contributed by atoms with van der Waals surface area (Å²) in [6.45, 7) is 1.83. The molecule has 1 aromatic rings. The number of carbonyl (C=O) groups excluding carboxylic acids is 1. The van der Waals surface area contributed by atoms with Crippen LogP contribution in [0, 0.1) is 5.92 Å². The molecule has 0 radical (unpaired) electrons. The van der Waals surface area contributed by atoms with Crippen LogP contribution in [0.4, 0.5) is 0 Å². The SMILES string of the molecule is CS(=O)(=O)N1CC[C@@H]2CN(C(=O)CCc3ccc[nH]3)C[C@@H]21. The first kappa shape index (κ1) is 14.6. The van der Waals surface area contributed by atoms with Crippen LogP contribution in [0.2, 0.25) is 0 Å². The highest BCUT2D eigenvalue weighted by Crippen LogP contribution is 2.33. The smallest absolute Gasteiger partial charge is 0.223 e. The van der Waals surface area contributed by atoms with Crippen LogP contribution in [0.1, 0.15) is 18.5 Å². The van der Waals surface area contributed by atoms with E-state index in [1.165, 1.54) is 6.26 Å². The first-order valence-corrected chi connectivity index (χ1v) is 9.17. The summed E-state index contributed by atoms with van der Waals surface area (Å²) in [5.41, 5.74) is 1.06. The molecule has 6 nitrogen and oxygen atoms in total. The van der Waals surface area contributed by atoms with Crippen molar-refractivity contribution in [3.05, 3.63) is 24.0 Å². The quantitative estimate of drug-likeness (QED) is 0.877. The predicted octanol–water partition coefficient (Wildman–Crippen LogP) is 0.440. The van der Waals surface area contributed by atoms with Crippen molar-refractivity contribution in [3.8, 4) is 0 Å². The average molecular weight is 311 g/mol. The minimum Gasteiger partial charge on any atom is -0.365 e. The highest BCUT2D eigenvalue weighted by atomic mass is 32.2. The van der Waals surface area contributed by atoms with Crippen LogP contribution in [0.3, 0.4) is 0 Å². The molecular formula is C14H21N3O3S. The maximum Gasteiger partial charge on any atom is 0.223 e. The number of aromatic amines is 1. The fraction of sp³-hybridized carbons (Fsp3) is 0.643. The van der Waals surface area contributed by atoms with E-state index in [1.807, 2.05) is 23.2 Å². The Hall–Kier alpha value is -1.34. The topological polar surface area (TPSA) is 73.5 Å². The van der Waals surface area contributed by atoms with Gasteiger partial charge in [-0.2, -0.15) is 4.31 Å². The van der Waals surface area contributed by atoms with Gasteiger partial charge in [0.25, 0.3) is 0 Å². The first-order chi connectivity index (χ1) is 9.95. The molecule has 3 rings (SSSR count). The minimum absolute atomic E-state index is 0.0190. The highest BCUT2D eigenvalue weighted by Gasteiger charge is 2.45. The summed E-state index contributed by atoms with van der Waals surface area (Å²) in [5.74, 6) is 0.418. The van der Waals surface area contributed by atoms with Crippen LogP contribution in [-0.2, 0) is 21.2 Å². The Morgan fingerprint density at radius 2 is 2.24 bits per heavy atom. The van der Waals surface area contributed by atoms with Gasteiger partial charge in [0, 0.05) is 44.0 Å². The molecule has 1 amide bonds. The van der Waals surface area contributed by atoms with Crippen LogP contribution < -0.4 is 0 Å². The Morgan fingerprint density at radius 1 is 1.43 bits per heavy atom. The van der Waals surface area contributed by atoms with Crippen molar-refractivity contribution >= 4 is 15.9 Å². The van der Waals surface area contributed by atoms with E-state index < -0.39 is 10.0 Å². The first-order valence-electron chi connectivity index (χ1n) is 7.32. The van der Waals surface area contributed by atoms with Gasteiger partial charge in [0.15, 0.2) is 0 Å². The second-order valence-corrected chi connectivity index (χ2v) is 7.92. The minimum atomic E-state index is -3.16. The molecule has 0 saturated carbocycles. The summed E-state index contributed by atoms with van der Waals surface area (Å²) in [4.78, 5) is 17.2. The zero-order valence-electron chi connectivity index (χ0n) is 12.2. The maximum absolute atomic E-state index is 12.3. The zero-order valence-corrected chi connectivity index (χ0v) is 13.0. The van der Waals surface area contributed by atoms with Gasteiger partial charge in [-0.1, -0.05) is 0 Å². The number of nitrogens with zero attached hydrogens (tertiary/aromatic N) is 2. The van der Waals surface area contributed by atoms with Crippen molar-refractivity contribution in [1.29, 1.82) is 0 Å². The number of hydrogen-bond acceptors (Lipinski definition) is 3. The van der Waals surface area contributed by atoms with Crippen LogP contribution in [0.5, 0.6) is 0 Å². The summed E-state index contributed by atoms with van der Waals surface area (Å²) in [6.07, 6.45) is 5.14. The van der Waals surface area contributed by atoms with Crippen LogP contribution >= 0.6 is 0 Å². The largest absolute Gasteiger partial charge is 0.365 e. The van der Waals surface area contributed by atoms with E-state index in [4.69, 9.17) is 0 Å². The van der Waals surface area contributed by atoms with Crippen molar-refractivity contribution < 1.29 is 13.2 Å². The molecule has 21 heavy (non-hydrogen) atoms. The predicted molar refractivity (Wildman–Crippen MR) is 79.1 cm³/mol. The van der Waals surface area contributed by atoms with Crippen molar-refractivity contribution in [2.75, 3.05) is 25.9 Å². The highest BCUT2D eigenvalue weighted by molar-refractivity contribution is 7.88. The monoisotopic (exact) mass is 311 g/mol. The molecule has 3 heterocycles. The normalized spacial score (nSPS) is 26.2. The summed E-state index contributed by atoms with van der Waals surface area (Å²) in [6, 6.07) is 3.87. The lowest BCUT2D eigenvalue weighted by Gasteiger charge is -2.22. The summed E-state index contributed by atoms with van der Waals surface area (Å²) in [7, 11) is -3.16. The van der Waals surface area contributed by atoms with Gasteiger partial charge in [-0.15, -0.1) is 0 Å². The second-order valence-electron chi connectivity index (χ2n) is 5.98. The van der Waals surface area contributed by atoms with Gasteiger partial charge in [0.05, 0.1) is 6.26 Å². The third-order valence-corrected chi connectivity index (χ3v) is 5.85. The van der Waals surface area contributed by atoms with Gasteiger partial charge in [-0.25, -0.2) is 8.42 Å². The fourth-order valence-corrected chi connectivity index (χ4v) is 4.63. The van der Waals surface area contributed by atoms with Crippen LogP contribution in [0.25, 0.3) is 0 Å². The molecule has 116 valence electrons. The number of H-pyrrole nitrogens is 1. The number of rotatable bonds is 4.